The number of para-hydroxylation sites is 1. The van der Waals surface area contributed by atoms with Gasteiger partial charge in [0.1, 0.15) is 5.75 Å². The number of pyridine rings is 1. The lowest BCUT2D eigenvalue weighted by Gasteiger charge is -2.08. The van der Waals surface area contributed by atoms with E-state index in [4.69, 9.17) is 16.3 Å². The minimum atomic E-state index is -0.503. The summed E-state index contributed by atoms with van der Waals surface area (Å²) in [6, 6.07) is 8.59. The molecule has 1 amide bonds. The summed E-state index contributed by atoms with van der Waals surface area (Å²) in [5, 5.41) is 12.5. The van der Waals surface area contributed by atoms with Gasteiger partial charge in [-0.1, -0.05) is 23.7 Å². The molecule has 8 heteroatoms. The van der Waals surface area contributed by atoms with Crippen LogP contribution in [0.2, 0.25) is 5.02 Å². The van der Waals surface area contributed by atoms with E-state index in [0.717, 1.165) is 0 Å². The summed E-state index contributed by atoms with van der Waals surface area (Å²) in [5.41, 5.74) is 0.934. The highest BCUT2D eigenvalue weighted by Crippen LogP contribution is 2.27. The molecule has 2 aromatic heterocycles. The van der Waals surface area contributed by atoms with Gasteiger partial charge in [0.2, 0.25) is 0 Å². The zero-order chi connectivity index (χ0) is 17.8. The number of nitrogens with one attached hydrogen (secondary N) is 1. The van der Waals surface area contributed by atoms with Gasteiger partial charge in [-0.15, -0.1) is 0 Å². The van der Waals surface area contributed by atoms with Gasteiger partial charge in [-0.05, 0) is 12.1 Å². The van der Waals surface area contributed by atoms with Crippen molar-refractivity contribution in [1.29, 1.82) is 0 Å². The van der Waals surface area contributed by atoms with E-state index in [9.17, 15) is 9.90 Å². The molecule has 0 atom stereocenters. The van der Waals surface area contributed by atoms with Gasteiger partial charge in [-0.2, -0.15) is 0 Å². The molecule has 2 N–H and O–H groups in total. The van der Waals surface area contributed by atoms with Crippen LogP contribution in [0.1, 0.15) is 10.4 Å². The van der Waals surface area contributed by atoms with Crippen LogP contribution in [0.15, 0.2) is 48.9 Å². The first-order chi connectivity index (χ1) is 12.1. The highest BCUT2D eigenvalue weighted by atomic mass is 35.5. The Morgan fingerprint density at radius 2 is 1.88 bits per heavy atom. The molecule has 0 aliphatic rings. The van der Waals surface area contributed by atoms with Gasteiger partial charge in [0.05, 0.1) is 23.3 Å². The molecule has 1 aromatic carbocycles. The van der Waals surface area contributed by atoms with Gasteiger partial charge in [0.25, 0.3) is 5.91 Å². The van der Waals surface area contributed by atoms with Gasteiger partial charge in [-0.3, -0.25) is 4.79 Å². The smallest absolute Gasteiger partial charge is 0.260 e. The molecular weight excluding hydrogens is 344 g/mol. The van der Waals surface area contributed by atoms with Crippen LogP contribution in [0.25, 0.3) is 11.4 Å². The number of benzene rings is 1. The van der Waals surface area contributed by atoms with E-state index in [2.05, 4.69) is 20.3 Å². The Morgan fingerprint density at radius 3 is 2.56 bits per heavy atom. The topological polar surface area (TPSA) is 97.2 Å². The maximum absolute atomic E-state index is 12.2. The van der Waals surface area contributed by atoms with Crippen LogP contribution < -0.4 is 10.1 Å². The number of methoxy groups -OCH3 is 1. The van der Waals surface area contributed by atoms with Gasteiger partial charge in [0, 0.05) is 24.7 Å². The van der Waals surface area contributed by atoms with Crippen molar-refractivity contribution in [2.75, 3.05) is 12.4 Å². The van der Waals surface area contributed by atoms with E-state index < -0.39 is 5.91 Å². The molecule has 7 nitrogen and oxygen atoms in total. The molecule has 0 aliphatic carbocycles. The highest BCUT2D eigenvalue weighted by molar-refractivity contribution is 6.30. The minimum absolute atomic E-state index is 0.00297. The molecule has 126 valence electrons. The molecule has 0 bridgehead atoms. The average molecular weight is 357 g/mol. The third-order valence-corrected chi connectivity index (χ3v) is 3.53. The molecule has 25 heavy (non-hydrogen) atoms. The van der Waals surface area contributed by atoms with Crippen LogP contribution in [-0.2, 0) is 0 Å². The number of carbonyl (C=O) groups is 1. The van der Waals surface area contributed by atoms with Crippen LogP contribution in [0.4, 0.5) is 5.82 Å². The van der Waals surface area contributed by atoms with Gasteiger partial charge in [0.15, 0.2) is 17.4 Å². The standard InChI is InChI=1S/C17H13ClN4O3/c1-25-14-5-3-2-4-12(14)15-19-7-10(8-20-15)17(24)22-16-13(23)6-11(18)9-21-16/h2-9,23H,1H3,(H,21,22,24). The molecule has 3 aromatic rings. The van der Waals surface area contributed by atoms with Crippen molar-refractivity contribution in [2.45, 2.75) is 0 Å². The lowest BCUT2D eigenvalue weighted by atomic mass is 10.2. The predicted octanol–water partition coefficient (Wildman–Crippen LogP) is 3.16. The van der Waals surface area contributed by atoms with Crippen LogP contribution in [0, 0.1) is 0 Å². The van der Waals surface area contributed by atoms with Crippen molar-refractivity contribution in [2.24, 2.45) is 0 Å². The van der Waals surface area contributed by atoms with E-state index >= 15 is 0 Å². The fourth-order valence-electron chi connectivity index (χ4n) is 2.12. The number of hydrogen-bond donors (Lipinski definition) is 2. The van der Waals surface area contributed by atoms with Gasteiger partial charge >= 0.3 is 0 Å². The van der Waals surface area contributed by atoms with Crippen molar-refractivity contribution in [3.8, 4) is 22.9 Å². The van der Waals surface area contributed by atoms with Gasteiger partial charge in [-0.25, -0.2) is 15.0 Å². The van der Waals surface area contributed by atoms with Crippen LogP contribution in [0.5, 0.6) is 11.5 Å². The Kier molecular flexibility index (Phi) is 4.76. The molecule has 0 saturated carbocycles. The molecule has 3 rings (SSSR count). The summed E-state index contributed by atoms with van der Waals surface area (Å²) in [4.78, 5) is 24.5. The maximum Gasteiger partial charge on any atom is 0.260 e. The summed E-state index contributed by atoms with van der Waals surface area (Å²) in [6.45, 7) is 0. The molecule has 0 fully saturated rings. The summed E-state index contributed by atoms with van der Waals surface area (Å²) < 4.78 is 5.27. The Balaban J connectivity index is 1.81. The second-order valence-electron chi connectivity index (χ2n) is 4.97. The Bertz CT molecular complexity index is 916. The Morgan fingerprint density at radius 1 is 1.16 bits per heavy atom. The van der Waals surface area contributed by atoms with Crippen molar-refractivity contribution in [1.82, 2.24) is 15.0 Å². The zero-order valence-electron chi connectivity index (χ0n) is 13.1. The summed E-state index contributed by atoms with van der Waals surface area (Å²) in [5.74, 6) is 0.337. The second kappa shape index (κ2) is 7.14. The first kappa shape index (κ1) is 16.7. The third kappa shape index (κ3) is 3.67. The lowest BCUT2D eigenvalue weighted by molar-refractivity contribution is 0.102. The van der Waals surface area contributed by atoms with E-state index in [1.807, 2.05) is 18.2 Å². The highest BCUT2D eigenvalue weighted by Gasteiger charge is 2.13. The zero-order valence-corrected chi connectivity index (χ0v) is 13.9. The maximum atomic E-state index is 12.2. The van der Waals surface area contributed by atoms with Crippen molar-refractivity contribution < 1.29 is 14.6 Å². The molecule has 2 heterocycles. The number of halogens is 1. The number of nitrogens with zero attached hydrogens (tertiary/aromatic N) is 3. The molecule has 0 aliphatic heterocycles. The summed E-state index contributed by atoms with van der Waals surface area (Å²) in [7, 11) is 1.56. The average Bonchev–Trinajstić information content (AvgIpc) is 2.64. The predicted molar refractivity (Wildman–Crippen MR) is 92.9 cm³/mol. The first-order valence-corrected chi connectivity index (χ1v) is 7.57. The van der Waals surface area contributed by atoms with E-state index in [1.165, 1.54) is 24.7 Å². The van der Waals surface area contributed by atoms with E-state index in [0.29, 0.717) is 17.1 Å². The number of carbonyl (C=O) groups excluding carboxylic acids is 1. The first-order valence-electron chi connectivity index (χ1n) is 7.20. The van der Waals surface area contributed by atoms with Crippen LogP contribution in [0.3, 0.4) is 0 Å². The minimum Gasteiger partial charge on any atom is -0.504 e. The third-order valence-electron chi connectivity index (χ3n) is 3.33. The largest absolute Gasteiger partial charge is 0.504 e. The van der Waals surface area contributed by atoms with Crippen LogP contribution >= 0.6 is 11.6 Å². The number of anilines is 1. The fourth-order valence-corrected chi connectivity index (χ4v) is 2.27. The Labute approximate surface area is 148 Å². The normalized spacial score (nSPS) is 10.3. The number of hydrogen-bond acceptors (Lipinski definition) is 6. The quantitative estimate of drug-likeness (QED) is 0.745. The number of aromatic nitrogens is 3. The van der Waals surface area contributed by atoms with Crippen molar-refractivity contribution in [3.63, 3.8) is 0 Å². The lowest BCUT2D eigenvalue weighted by Crippen LogP contribution is -2.14. The Hall–Kier alpha value is -3.19. The van der Waals surface area contributed by atoms with Crippen LogP contribution in [-0.4, -0.2) is 33.1 Å². The van der Waals surface area contributed by atoms with Crippen molar-refractivity contribution >= 4 is 23.3 Å². The second-order valence-corrected chi connectivity index (χ2v) is 5.41. The number of aromatic hydroxyl groups is 1. The summed E-state index contributed by atoms with van der Waals surface area (Å²) in [6.07, 6.45) is 4.09. The van der Waals surface area contributed by atoms with Crippen molar-refractivity contribution in [3.05, 3.63) is 59.5 Å². The fraction of sp³-hybridized carbons (Fsp3) is 0.0588. The SMILES string of the molecule is COc1ccccc1-c1ncc(C(=O)Nc2ncc(Cl)cc2O)cn1. The summed E-state index contributed by atoms with van der Waals surface area (Å²) >= 11 is 5.71. The molecule has 0 unspecified atom stereocenters. The van der Waals surface area contributed by atoms with Gasteiger partial charge < -0.3 is 15.2 Å². The number of ether oxygens (including phenoxy) is 1. The number of amides is 1. The molecule has 0 spiro atoms. The number of rotatable bonds is 4. The monoisotopic (exact) mass is 356 g/mol. The van der Waals surface area contributed by atoms with E-state index in [-0.39, 0.29) is 22.2 Å². The molecule has 0 saturated heterocycles. The van der Waals surface area contributed by atoms with E-state index in [1.54, 1.807) is 13.2 Å². The molecule has 0 radical (unpaired) electrons. The molecular formula is C17H13ClN4O3.